The normalized spacial score (nSPS) is 52.0. The fourth-order valence-corrected chi connectivity index (χ4v) is 10.9. The summed E-state index contributed by atoms with van der Waals surface area (Å²) < 4.78 is 0. The first-order valence-electron chi connectivity index (χ1n) is 14.9. The second-order valence-electron chi connectivity index (χ2n) is 13.3. The molecule has 0 radical (unpaired) electrons. The lowest BCUT2D eigenvalue weighted by Gasteiger charge is -2.47. The van der Waals surface area contributed by atoms with Crippen molar-refractivity contribution < 1.29 is 0 Å². The van der Waals surface area contributed by atoms with Crippen LogP contribution in [-0.2, 0) is 0 Å². The van der Waals surface area contributed by atoms with Crippen molar-refractivity contribution in [2.24, 2.45) is 59.2 Å². The van der Waals surface area contributed by atoms with Gasteiger partial charge in [-0.2, -0.15) is 0 Å². The van der Waals surface area contributed by atoms with Gasteiger partial charge in [-0.1, -0.05) is 77.0 Å². The van der Waals surface area contributed by atoms with Crippen molar-refractivity contribution in [3.8, 4) is 0 Å². The van der Waals surface area contributed by atoms with E-state index < -0.39 is 0 Å². The Labute approximate surface area is 187 Å². The molecular weight excluding hydrogens is 360 g/mol. The van der Waals surface area contributed by atoms with Crippen molar-refractivity contribution >= 4 is 0 Å². The van der Waals surface area contributed by atoms with Crippen LogP contribution in [0.2, 0.25) is 0 Å². The molecule has 0 N–H and O–H groups in total. The Kier molecular flexibility index (Phi) is 6.24. The zero-order chi connectivity index (χ0) is 19.9. The molecule has 0 amide bonds. The lowest BCUT2D eigenvalue weighted by Crippen LogP contribution is -2.38. The van der Waals surface area contributed by atoms with Crippen LogP contribution >= 0.6 is 0 Å². The highest BCUT2D eigenvalue weighted by Crippen LogP contribution is 2.57. The third-order valence-electron chi connectivity index (χ3n) is 12.1. The molecule has 0 aromatic carbocycles. The van der Waals surface area contributed by atoms with Crippen LogP contribution in [0, 0.1) is 59.2 Å². The van der Waals surface area contributed by atoms with Crippen molar-refractivity contribution in [2.75, 3.05) is 0 Å². The minimum absolute atomic E-state index is 1.14. The van der Waals surface area contributed by atoms with Crippen LogP contribution in [-0.4, -0.2) is 0 Å². The summed E-state index contributed by atoms with van der Waals surface area (Å²) in [4.78, 5) is 0. The summed E-state index contributed by atoms with van der Waals surface area (Å²) in [7, 11) is 0. The van der Waals surface area contributed by atoms with E-state index in [1.165, 1.54) is 0 Å². The quantitative estimate of drug-likeness (QED) is 0.435. The van der Waals surface area contributed by atoms with Gasteiger partial charge >= 0.3 is 0 Å². The van der Waals surface area contributed by atoms with Gasteiger partial charge in [0.2, 0.25) is 0 Å². The molecule has 8 atom stereocenters. The van der Waals surface area contributed by atoms with E-state index >= 15 is 0 Å². The SMILES string of the molecule is C1CCC2CC(C3CCCCC3C3CCCCC3C3CC4CCCCC4C3)CC2C1. The molecule has 30 heavy (non-hydrogen) atoms. The molecule has 6 saturated carbocycles. The predicted octanol–water partition coefficient (Wildman–Crippen LogP) is 9.03. The predicted molar refractivity (Wildman–Crippen MR) is 127 cm³/mol. The smallest absolute Gasteiger partial charge is 0.0352 e. The first-order chi connectivity index (χ1) is 14.9. The van der Waals surface area contributed by atoms with Crippen molar-refractivity contribution in [1.29, 1.82) is 0 Å². The van der Waals surface area contributed by atoms with Crippen LogP contribution in [0.4, 0.5) is 0 Å². The van der Waals surface area contributed by atoms with Crippen molar-refractivity contribution in [3.05, 3.63) is 0 Å². The summed E-state index contributed by atoms with van der Waals surface area (Å²) >= 11 is 0. The highest BCUT2D eigenvalue weighted by Gasteiger charge is 2.48. The van der Waals surface area contributed by atoms with Gasteiger partial charge in [-0.25, -0.2) is 0 Å². The summed E-state index contributed by atoms with van der Waals surface area (Å²) in [5.41, 5.74) is 0. The molecule has 170 valence electrons. The fraction of sp³-hybridized carbons (Fsp3) is 1.00. The van der Waals surface area contributed by atoms with Crippen molar-refractivity contribution in [3.63, 3.8) is 0 Å². The van der Waals surface area contributed by atoms with Crippen LogP contribution in [0.1, 0.15) is 128 Å². The van der Waals surface area contributed by atoms with Crippen molar-refractivity contribution in [2.45, 2.75) is 128 Å². The molecule has 0 spiro atoms. The maximum absolute atomic E-state index is 1.65. The molecule has 0 bridgehead atoms. The van der Waals surface area contributed by atoms with E-state index in [1.807, 2.05) is 0 Å². The Morgan fingerprint density at radius 1 is 0.233 bits per heavy atom. The zero-order valence-corrected chi connectivity index (χ0v) is 19.9. The Morgan fingerprint density at radius 3 is 0.833 bits per heavy atom. The third-order valence-corrected chi connectivity index (χ3v) is 12.1. The molecule has 6 aliphatic rings. The van der Waals surface area contributed by atoms with Crippen molar-refractivity contribution in [1.82, 2.24) is 0 Å². The maximum atomic E-state index is 1.65. The minimum Gasteiger partial charge on any atom is -0.0530 e. The van der Waals surface area contributed by atoms with E-state index in [2.05, 4.69) is 0 Å². The summed E-state index contributed by atoms with van der Waals surface area (Å²) in [5, 5.41) is 0. The second-order valence-corrected chi connectivity index (χ2v) is 13.3. The summed E-state index contributed by atoms with van der Waals surface area (Å²) in [5.74, 6) is 11.4. The Hall–Kier alpha value is 0. The van der Waals surface area contributed by atoms with Gasteiger partial charge in [-0.3, -0.25) is 0 Å². The maximum Gasteiger partial charge on any atom is -0.0352 e. The van der Waals surface area contributed by atoms with E-state index in [9.17, 15) is 0 Å². The Balaban J connectivity index is 1.18. The van der Waals surface area contributed by atoms with Gasteiger partial charge in [-0.15, -0.1) is 0 Å². The van der Waals surface area contributed by atoms with Crippen LogP contribution in [0.15, 0.2) is 0 Å². The standard InChI is InChI=1S/C30H50/c1-2-10-22-18-25(17-21(22)9-1)27-13-5-7-15-29(27)30-16-8-6-14-28(30)26-19-23-11-3-4-12-24(23)20-26/h21-30H,1-20H2. The van der Waals surface area contributed by atoms with Gasteiger partial charge in [0.15, 0.2) is 0 Å². The summed E-state index contributed by atoms with van der Waals surface area (Å²) in [6.07, 6.45) is 31.9. The van der Waals surface area contributed by atoms with Gasteiger partial charge in [0.1, 0.15) is 0 Å². The Bertz CT molecular complexity index is 486. The molecule has 0 aromatic rings. The van der Waals surface area contributed by atoms with E-state index in [0.717, 1.165) is 59.2 Å². The number of rotatable bonds is 3. The van der Waals surface area contributed by atoms with Gasteiger partial charge in [-0.05, 0) is 111 Å². The lowest BCUT2D eigenvalue weighted by atomic mass is 9.58. The molecular formula is C30H50. The van der Waals surface area contributed by atoms with E-state index in [1.54, 1.807) is 128 Å². The van der Waals surface area contributed by atoms with Gasteiger partial charge < -0.3 is 0 Å². The molecule has 0 aliphatic heterocycles. The highest BCUT2D eigenvalue weighted by molar-refractivity contribution is 4.98. The average Bonchev–Trinajstić information content (AvgIpc) is 3.43. The third kappa shape index (κ3) is 3.94. The molecule has 6 aliphatic carbocycles. The first-order valence-corrected chi connectivity index (χ1v) is 14.9. The van der Waals surface area contributed by atoms with Crippen LogP contribution in [0.25, 0.3) is 0 Å². The molecule has 6 rings (SSSR count). The van der Waals surface area contributed by atoms with Gasteiger partial charge in [0, 0.05) is 0 Å². The lowest BCUT2D eigenvalue weighted by molar-refractivity contribution is 0.0271. The Morgan fingerprint density at radius 2 is 0.500 bits per heavy atom. The van der Waals surface area contributed by atoms with Gasteiger partial charge in [0.05, 0.1) is 0 Å². The fourth-order valence-electron chi connectivity index (χ4n) is 10.9. The molecule has 0 saturated heterocycles. The molecule has 6 fully saturated rings. The molecule has 0 nitrogen and oxygen atoms in total. The number of fused-ring (bicyclic) bond motifs is 2. The topological polar surface area (TPSA) is 0 Å². The van der Waals surface area contributed by atoms with E-state index in [4.69, 9.17) is 0 Å². The second kappa shape index (κ2) is 9.09. The molecule has 8 unspecified atom stereocenters. The molecule has 0 aromatic heterocycles. The van der Waals surface area contributed by atoms with Gasteiger partial charge in [0.25, 0.3) is 0 Å². The number of hydrogen-bond acceptors (Lipinski definition) is 0. The van der Waals surface area contributed by atoms with E-state index in [-0.39, 0.29) is 0 Å². The molecule has 0 heteroatoms. The first kappa shape index (κ1) is 20.6. The van der Waals surface area contributed by atoms with Crippen LogP contribution in [0.3, 0.4) is 0 Å². The monoisotopic (exact) mass is 410 g/mol. The molecule has 0 heterocycles. The minimum atomic E-state index is 1.14. The highest BCUT2D eigenvalue weighted by atomic mass is 14.5. The summed E-state index contributed by atoms with van der Waals surface area (Å²) in [6.45, 7) is 0. The average molecular weight is 411 g/mol. The van der Waals surface area contributed by atoms with Crippen LogP contribution in [0.5, 0.6) is 0 Å². The largest absolute Gasteiger partial charge is 0.0530 e. The van der Waals surface area contributed by atoms with E-state index in [0.29, 0.717) is 0 Å². The summed E-state index contributed by atoms with van der Waals surface area (Å²) in [6, 6.07) is 0. The zero-order valence-electron chi connectivity index (χ0n) is 19.9. The number of hydrogen-bond donors (Lipinski definition) is 0. The van der Waals surface area contributed by atoms with Crippen LogP contribution < -0.4 is 0 Å².